The minimum absolute atomic E-state index is 1.14. The SMILES string of the molecule is c1ccc(-c2ccc3c4ccccc4c4ccc(-n5c6ccc(-n7c8ccccc8c8ccccc87)cc6c6cc(-n7c8ccccc8c8ccccc87)ccc65)cc4c3c2)cc1. The molecule has 3 aromatic heterocycles. The fraction of sp³-hybridized carbons (Fsp3) is 0. The molecule has 0 fully saturated rings. The summed E-state index contributed by atoms with van der Waals surface area (Å²) in [5.74, 6) is 0. The molecule has 0 saturated heterocycles. The zero-order valence-electron chi connectivity index (χ0n) is 34.2. The van der Waals surface area contributed by atoms with Crippen molar-refractivity contribution >= 4 is 97.7 Å². The van der Waals surface area contributed by atoms with Crippen LogP contribution in [-0.2, 0) is 0 Å². The first-order chi connectivity index (χ1) is 31.3. The number of nitrogens with zero attached hydrogens (tertiary/aromatic N) is 3. The molecule has 14 rings (SSSR count). The predicted molar refractivity (Wildman–Crippen MR) is 267 cm³/mol. The van der Waals surface area contributed by atoms with Gasteiger partial charge >= 0.3 is 0 Å². The van der Waals surface area contributed by atoms with Gasteiger partial charge in [-0.05, 0) is 122 Å². The molecule has 14 aromatic rings. The molecule has 0 spiro atoms. The van der Waals surface area contributed by atoms with Crippen LogP contribution in [0.25, 0.3) is 126 Å². The third-order valence-corrected chi connectivity index (χ3v) is 13.6. The molecule has 0 bridgehead atoms. The van der Waals surface area contributed by atoms with Crippen molar-refractivity contribution in [3.63, 3.8) is 0 Å². The normalized spacial score (nSPS) is 12.1. The van der Waals surface area contributed by atoms with Gasteiger partial charge in [-0.3, -0.25) is 0 Å². The van der Waals surface area contributed by atoms with E-state index in [1.54, 1.807) is 0 Å². The maximum Gasteiger partial charge on any atom is 0.0542 e. The summed E-state index contributed by atoms with van der Waals surface area (Å²) in [7, 11) is 0. The van der Waals surface area contributed by atoms with Crippen molar-refractivity contribution in [2.45, 2.75) is 0 Å². The standard InChI is InChI=1S/C60H37N3/c1-2-14-38(15-3-1)39-26-30-45-43-16-4-5-17-44(43)46-31-27-40(35-52(46)51(45)34-39)63-59-32-28-41(61-55-22-10-6-18-47(55)48-19-7-11-23-56(48)61)36-53(59)54-37-42(29-33-60(54)63)62-57-24-12-8-20-49(57)50-21-9-13-25-58(50)62/h1-37H. The van der Waals surface area contributed by atoms with Crippen LogP contribution in [0.15, 0.2) is 224 Å². The second-order valence-corrected chi connectivity index (χ2v) is 16.9. The smallest absolute Gasteiger partial charge is 0.0542 e. The van der Waals surface area contributed by atoms with Crippen molar-refractivity contribution in [1.29, 1.82) is 0 Å². The Kier molecular flexibility index (Phi) is 7.11. The average molecular weight is 800 g/mol. The second-order valence-electron chi connectivity index (χ2n) is 16.9. The van der Waals surface area contributed by atoms with Gasteiger partial charge in [0.25, 0.3) is 0 Å². The largest absolute Gasteiger partial charge is 0.309 e. The van der Waals surface area contributed by atoms with Gasteiger partial charge in [0.1, 0.15) is 0 Å². The molecule has 0 aliphatic rings. The van der Waals surface area contributed by atoms with Crippen LogP contribution in [0.1, 0.15) is 0 Å². The zero-order chi connectivity index (χ0) is 41.2. The molecule has 3 nitrogen and oxygen atoms in total. The molecule has 0 radical (unpaired) electrons. The average Bonchev–Trinajstić information content (AvgIpc) is 3.99. The predicted octanol–water partition coefficient (Wildman–Crippen LogP) is 16.1. The minimum Gasteiger partial charge on any atom is -0.309 e. The highest BCUT2D eigenvalue weighted by Gasteiger charge is 2.20. The summed E-state index contributed by atoms with van der Waals surface area (Å²) in [6.45, 7) is 0. The topological polar surface area (TPSA) is 14.8 Å². The molecule has 11 aromatic carbocycles. The zero-order valence-corrected chi connectivity index (χ0v) is 34.2. The molecule has 0 atom stereocenters. The summed E-state index contributed by atoms with van der Waals surface area (Å²) in [5, 5.41) is 15.0. The van der Waals surface area contributed by atoms with E-state index in [0.29, 0.717) is 0 Å². The van der Waals surface area contributed by atoms with E-state index in [-0.39, 0.29) is 0 Å². The number of hydrogen-bond acceptors (Lipinski definition) is 0. The Bertz CT molecular complexity index is 3920. The van der Waals surface area contributed by atoms with E-state index in [1.165, 1.54) is 109 Å². The Morgan fingerprint density at radius 1 is 0.175 bits per heavy atom. The van der Waals surface area contributed by atoms with Gasteiger partial charge in [0.05, 0.1) is 33.1 Å². The first-order valence-electron chi connectivity index (χ1n) is 21.8. The fourth-order valence-electron chi connectivity index (χ4n) is 10.9. The molecule has 0 aliphatic heterocycles. The quantitative estimate of drug-likeness (QED) is 0.158. The summed E-state index contributed by atoms with van der Waals surface area (Å²) in [6.07, 6.45) is 0. The molecular formula is C60H37N3. The molecular weight excluding hydrogens is 763 g/mol. The maximum atomic E-state index is 2.48. The van der Waals surface area contributed by atoms with Crippen molar-refractivity contribution < 1.29 is 0 Å². The molecule has 0 N–H and O–H groups in total. The van der Waals surface area contributed by atoms with Crippen LogP contribution >= 0.6 is 0 Å². The van der Waals surface area contributed by atoms with Crippen LogP contribution in [0.5, 0.6) is 0 Å². The van der Waals surface area contributed by atoms with Gasteiger partial charge in [-0.2, -0.15) is 0 Å². The second kappa shape index (κ2) is 13.1. The van der Waals surface area contributed by atoms with Crippen LogP contribution in [0.4, 0.5) is 0 Å². The molecule has 0 aliphatic carbocycles. The molecule has 0 unspecified atom stereocenters. The summed E-state index contributed by atoms with van der Waals surface area (Å²) in [5.41, 5.74) is 13.0. The minimum atomic E-state index is 1.14. The van der Waals surface area contributed by atoms with Crippen molar-refractivity contribution in [3.8, 4) is 28.2 Å². The van der Waals surface area contributed by atoms with E-state index in [9.17, 15) is 0 Å². The van der Waals surface area contributed by atoms with Gasteiger partial charge in [-0.25, -0.2) is 0 Å². The van der Waals surface area contributed by atoms with E-state index >= 15 is 0 Å². The molecule has 0 saturated carbocycles. The highest BCUT2D eigenvalue weighted by molar-refractivity contribution is 6.26. The Hall–Kier alpha value is -8.40. The lowest BCUT2D eigenvalue weighted by atomic mass is 9.92. The summed E-state index contributed by atoms with van der Waals surface area (Å²) in [4.78, 5) is 0. The van der Waals surface area contributed by atoms with Gasteiger partial charge in [0.2, 0.25) is 0 Å². The Labute approximate surface area is 362 Å². The highest BCUT2D eigenvalue weighted by atomic mass is 15.0. The van der Waals surface area contributed by atoms with Crippen LogP contribution < -0.4 is 0 Å². The van der Waals surface area contributed by atoms with Gasteiger partial charge in [0, 0.05) is 49.4 Å². The Morgan fingerprint density at radius 2 is 0.492 bits per heavy atom. The van der Waals surface area contributed by atoms with Crippen molar-refractivity contribution in [2.75, 3.05) is 0 Å². The number of aromatic nitrogens is 3. The summed E-state index contributed by atoms with van der Waals surface area (Å²) in [6, 6.07) is 82.9. The summed E-state index contributed by atoms with van der Waals surface area (Å²) < 4.78 is 7.35. The fourth-order valence-corrected chi connectivity index (χ4v) is 10.9. The van der Waals surface area contributed by atoms with Crippen LogP contribution in [0.2, 0.25) is 0 Å². The first kappa shape index (κ1) is 34.3. The van der Waals surface area contributed by atoms with E-state index in [4.69, 9.17) is 0 Å². The number of para-hydroxylation sites is 4. The molecule has 292 valence electrons. The molecule has 63 heavy (non-hydrogen) atoms. The number of hydrogen-bond donors (Lipinski definition) is 0. The van der Waals surface area contributed by atoms with E-state index in [2.05, 4.69) is 238 Å². The molecule has 3 heterocycles. The van der Waals surface area contributed by atoms with Crippen LogP contribution in [0.3, 0.4) is 0 Å². The van der Waals surface area contributed by atoms with Gasteiger partial charge < -0.3 is 13.7 Å². The van der Waals surface area contributed by atoms with E-state index < -0.39 is 0 Å². The lowest BCUT2D eigenvalue weighted by molar-refractivity contribution is 1.16. The number of fused-ring (bicyclic) bond motifs is 15. The van der Waals surface area contributed by atoms with Gasteiger partial charge in [-0.1, -0.05) is 146 Å². The Morgan fingerprint density at radius 3 is 0.952 bits per heavy atom. The third-order valence-electron chi connectivity index (χ3n) is 13.6. The van der Waals surface area contributed by atoms with Crippen molar-refractivity contribution in [3.05, 3.63) is 224 Å². The number of benzene rings is 11. The third kappa shape index (κ3) is 4.90. The summed E-state index contributed by atoms with van der Waals surface area (Å²) >= 11 is 0. The van der Waals surface area contributed by atoms with Crippen molar-refractivity contribution in [2.24, 2.45) is 0 Å². The number of rotatable bonds is 4. The lowest BCUT2D eigenvalue weighted by Gasteiger charge is -2.15. The monoisotopic (exact) mass is 799 g/mol. The van der Waals surface area contributed by atoms with Crippen molar-refractivity contribution in [1.82, 2.24) is 13.7 Å². The van der Waals surface area contributed by atoms with Gasteiger partial charge in [0.15, 0.2) is 0 Å². The molecule has 3 heteroatoms. The first-order valence-corrected chi connectivity index (χ1v) is 21.8. The van der Waals surface area contributed by atoms with E-state index in [0.717, 1.165) is 17.1 Å². The molecule has 0 amide bonds. The highest BCUT2D eigenvalue weighted by Crippen LogP contribution is 2.42. The van der Waals surface area contributed by atoms with Gasteiger partial charge in [-0.15, -0.1) is 0 Å². The van der Waals surface area contributed by atoms with Crippen LogP contribution in [-0.4, -0.2) is 13.7 Å². The Balaban J connectivity index is 1.07. The maximum absolute atomic E-state index is 2.48. The lowest BCUT2D eigenvalue weighted by Crippen LogP contribution is -1.97. The van der Waals surface area contributed by atoms with E-state index in [1.807, 2.05) is 0 Å². The van der Waals surface area contributed by atoms with Crippen LogP contribution in [0, 0.1) is 0 Å².